The summed E-state index contributed by atoms with van der Waals surface area (Å²) in [5.41, 5.74) is 1.35. The Morgan fingerprint density at radius 2 is 2.21 bits per heavy atom. The third kappa shape index (κ3) is 2.86. The predicted octanol–water partition coefficient (Wildman–Crippen LogP) is 3.44. The summed E-state index contributed by atoms with van der Waals surface area (Å²) in [6.07, 6.45) is 2.11. The molecule has 19 heavy (non-hydrogen) atoms. The van der Waals surface area contributed by atoms with Crippen LogP contribution in [-0.2, 0) is 4.79 Å². The van der Waals surface area contributed by atoms with Crippen LogP contribution >= 0.6 is 15.9 Å². The second-order valence-corrected chi connectivity index (χ2v) is 5.85. The minimum Gasteiger partial charge on any atom is -0.507 e. The minimum atomic E-state index is -0.833. The molecule has 1 aliphatic carbocycles. The molecule has 1 aromatic carbocycles. The van der Waals surface area contributed by atoms with Crippen LogP contribution in [-0.4, -0.2) is 23.3 Å². The lowest BCUT2D eigenvalue weighted by molar-refractivity contribution is -0.137. The molecule has 0 radical (unpaired) electrons. The average Bonchev–Trinajstić information content (AvgIpc) is 3.15. The summed E-state index contributed by atoms with van der Waals surface area (Å²) in [6.45, 7) is 1.77. The van der Waals surface area contributed by atoms with Crippen molar-refractivity contribution in [2.75, 3.05) is 7.11 Å². The first-order valence-electron chi connectivity index (χ1n) is 6.23. The first kappa shape index (κ1) is 14.2. The highest BCUT2D eigenvalue weighted by Gasteiger charge is 2.36. The fourth-order valence-electron chi connectivity index (χ4n) is 2.52. The van der Waals surface area contributed by atoms with Crippen LogP contribution < -0.4 is 4.74 Å². The lowest BCUT2D eigenvalue weighted by Crippen LogP contribution is -2.09. The van der Waals surface area contributed by atoms with Gasteiger partial charge in [-0.2, -0.15) is 0 Å². The Morgan fingerprint density at radius 1 is 1.58 bits per heavy atom. The van der Waals surface area contributed by atoms with Crippen LogP contribution in [0.3, 0.4) is 0 Å². The number of halogens is 1. The number of ether oxygens (including phenoxy) is 1. The number of carbonyl (C=O) groups is 1. The summed E-state index contributed by atoms with van der Waals surface area (Å²) in [6, 6.07) is 1.78. The van der Waals surface area contributed by atoms with Gasteiger partial charge in [0.1, 0.15) is 11.5 Å². The fourth-order valence-corrected chi connectivity index (χ4v) is 3.23. The van der Waals surface area contributed by atoms with E-state index in [9.17, 15) is 9.90 Å². The van der Waals surface area contributed by atoms with Gasteiger partial charge in [0.05, 0.1) is 18.0 Å². The minimum absolute atomic E-state index is 0.0520. The van der Waals surface area contributed by atoms with Gasteiger partial charge >= 0.3 is 5.97 Å². The van der Waals surface area contributed by atoms with Gasteiger partial charge in [-0.25, -0.2) is 0 Å². The highest BCUT2D eigenvalue weighted by molar-refractivity contribution is 9.10. The van der Waals surface area contributed by atoms with E-state index >= 15 is 0 Å². The molecule has 1 aromatic rings. The molecule has 0 amide bonds. The molecule has 0 bridgehead atoms. The number of carboxylic acids is 1. The van der Waals surface area contributed by atoms with Crippen molar-refractivity contribution in [3.63, 3.8) is 0 Å². The van der Waals surface area contributed by atoms with E-state index < -0.39 is 5.97 Å². The average molecular weight is 329 g/mol. The van der Waals surface area contributed by atoms with Gasteiger partial charge in [-0.3, -0.25) is 4.79 Å². The second kappa shape index (κ2) is 5.41. The molecule has 1 saturated carbocycles. The number of carboxylic acid groups (broad SMARTS) is 1. The van der Waals surface area contributed by atoms with Gasteiger partial charge in [-0.1, -0.05) is 0 Å². The predicted molar refractivity (Wildman–Crippen MR) is 74.8 cm³/mol. The van der Waals surface area contributed by atoms with Crippen molar-refractivity contribution in [3.8, 4) is 11.5 Å². The number of aromatic hydroxyl groups is 1. The van der Waals surface area contributed by atoms with Crippen LogP contribution in [0.2, 0.25) is 0 Å². The number of aliphatic carboxylic acids is 1. The molecule has 0 aliphatic heterocycles. The molecular formula is C14H17BrO4. The standard InChI is InChI=1S/C14H17BrO4/c1-7-13(18)10(5-11(15)14(7)19-2)9(6-12(16)17)8-3-4-8/h5,8-9,18H,3-4,6H2,1-2H3,(H,16,17). The molecule has 0 saturated heterocycles. The highest BCUT2D eigenvalue weighted by Crippen LogP contribution is 2.49. The summed E-state index contributed by atoms with van der Waals surface area (Å²) in [5.74, 6) is 0.144. The van der Waals surface area contributed by atoms with Crippen molar-refractivity contribution in [1.82, 2.24) is 0 Å². The maximum atomic E-state index is 11.0. The second-order valence-electron chi connectivity index (χ2n) is 5.00. The Morgan fingerprint density at radius 3 is 2.68 bits per heavy atom. The zero-order chi connectivity index (χ0) is 14.2. The highest BCUT2D eigenvalue weighted by atomic mass is 79.9. The van der Waals surface area contributed by atoms with Gasteiger partial charge in [0.15, 0.2) is 0 Å². The largest absolute Gasteiger partial charge is 0.507 e. The number of rotatable bonds is 5. The zero-order valence-electron chi connectivity index (χ0n) is 10.9. The van der Waals surface area contributed by atoms with Crippen molar-refractivity contribution < 1.29 is 19.7 Å². The molecule has 4 nitrogen and oxygen atoms in total. The van der Waals surface area contributed by atoms with E-state index in [0.29, 0.717) is 22.8 Å². The lowest BCUT2D eigenvalue weighted by Gasteiger charge is -2.19. The summed E-state index contributed by atoms with van der Waals surface area (Å²) < 4.78 is 5.97. The van der Waals surface area contributed by atoms with E-state index in [1.54, 1.807) is 20.1 Å². The van der Waals surface area contributed by atoms with Crippen LogP contribution in [0.1, 0.15) is 36.3 Å². The molecule has 104 valence electrons. The normalized spacial score (nSPS) is 16.2. The maximum Gasteiger partial charge on any atom is 0.303 e. The summed E-state index contributed by atoms with van der Waals surface area (Å²) >= 11 is 3.41. The Hall–Kier alpha value is -1.23. The van der Waals surface area contributed by atoms with E-state index in [4.69, 9.17) is 9.84 Å². The van der Waals surface area contributed by atoms with Gasteiger partial charge in [-0.05, 0) is 53.2 Å². The van der Waals surface area contributed by atoms with E-state index in [0.717, 1.165) is 17.3 Å². The van der Waals surface area contributed by atoms with Crippen LogP contribution in [0, 0.1) is 12.8 Å². The number of phenolic OH excluding ortho intramolecular Hbond substituents is 1. The molecule has 2 N–H and O–H groups in total. The first-order chi connectivity index (χ1) is 8.95. The summed E-state index contributed by atoms with van der Waals surface area (Å²) in [7, 11) is 1.54. The fraction of sp³-hybridized carbons (Fsp3) is 0.500. The SMILES string of the molecule is COc1c(Br)cc(C(CC(=O)O)C2CC2)c(O)c1C. The Bertz CT molecular complexity index is 509. The molecular weight excluding hydrogens is 312 g/mol. The lowest BCUT2D eigenvalue weighted by atomic mass is 9.89. The molecule has 1 atom stereocenters. The monoisotopic (exact) mass is 328 g/mol. The summed E-state index contributed by atoms with van der Waals surface area (Å²) in [5, 5.41) is 19.3. The van der Waals surface area contributed by atoms with E-state index in [1.807, 2.05) is 0 Å². The van der Waals surface area contributed by atoms with Gasteiger partial charge < -0.3 is 14.9 Å². The number of benzene rings is 1. The first-order valence-corrected chi connectivity index (χ1v) is 7.02. The van der Waals surface area contributed by atoms with Gasteiger partial charge in [0.2, 0.25) is 0 Å². The number of hydrogen-bond donors (Lipinski definition) is 2. The van der Waals surface area contributed by atoms with Crippen LogP contribution in [0.15, 0.2) is 10.5 Å². The van der Waals surface area contributed by atoms with Crippen molar-refractivity contribution in [2.45, 2.75) is 32.1 Å². The summed E-state index contributed by atoms with van der Waals surface area (Å²) in [4.78, 5) is 11.0. The Labute approximate surface area is 120 Å². The third-order valence-corrected chi connectivity index (χ3v) is 4.25. The van der Waals surface area contributed by atoms with Gasteiger partial charge in [-0.15, -0.1) is 0 Å². The molecule has 1 unspecified atom stereocenters. The Balaban J connectivity index is 2.45. The van der Waals surface area contributed by atoms with Crippen molar-refractivity contribution in [3.05, 3.63) is 21.7 Å². The zero-order valence-corrected chi connectivity index (χ0v) is 12.5. The quantitative estimate of drug-likeness (QED) is 0.868. The van der Waals surface area contributed by atoms with E-state index in [2.05, 4.69) is 15.9 Å². The molecule has 0 aromatic heterocycles. The van der Waals surface area contributed by atoms with Crippen LogP contribution in [0.5, 0.6) is 11.5 Å². The molecule has 2 rings (SSSR count). The van der Waals surface area contributed by atoms with Crippen molar-refractivity contribution in [1.29, 1.82) is 0 Å². The maximum absolute atomic E-state index is 11.0. The van der Waals surface area contributed by atoms with Crippen LogP contribution in [0.25, 0.3) is 0 Å². The molecule has 1 aliphatic rings. The van der Waals surface area contributed by atoms with Gasteiger partial charge in [0, 0.05) is 11.5 Å². The van der Waals surface area contributed by atoms with Gasteiger partial charge in [0.25, 0.3) is 0 Å². The third-order valence-electron chi connectivity index (χ3n) is 3.66. The smallest absolute Gasteiger partial charge is 0.303 e. The molecule has 5 heteroatoms. The topological polar surface area (TPSA) is 66.8 Å². The molecule has 0 spiro atoms. The van der Waals surface area contributed by atoms with Crippen molar-refractivity contribution in [2.24, 2.45) is 5.92 Å². The molecule has 0 heterocycles. The van der Waals surface area contributed by atoms with E-state index in [-0.39, 0.29) is 18.1 Å². The Kier molecular flexibility index (Phi) is 4.04. The van der Waals surface area contributed by atoms with Crippen LogP contribution in [0.4, 0.5) is 0 Å². The number of phenols is 1. The molecule has 1 fully saturated rings. The number of hydrogen-bond acceptors (Lipinski definition) is 3. The van der Waals surface area contributed by atoms with E-state index in [1.165, 1.54) is 0 Å². The number of methoxy groups -OCH3 is 1. The van der Waals surface area contributed by atoms with Crippen molar-refractivity contribution >= 4 is 21.9 Å².